The van der Waals surface area contributed by atoms with Crippen LogP contribution in [0.2, 0.25) is 0 Å². The van der Waals surface area contributed by atoms with Crippen molar-refractivity contribution in [3.05, 3.63) is 95.6 Å². The van der Waals surface area contributed by atoms with Gasteiger partial charge in [0.2, 0.25) is 35.4 Å². The molecule has 37 nitrogen and oxygen atoms in total. The number of benzene rings is 3. The minimum atomic E-state index is -1.31. The van der Waals surface area contributed by atoms with Crippen LogP contribution >= 0.6 is 0 Å². The van der Waals surface area contributed by atoms with Crippen LogP contribution < -0.4 is 41.4 Å². The first-order chi connectivity index (χ1) is 58.4. The number of nitrogens with one attached hydrogen (secondary N) is 6. The number of methoxy groups -OCH3 is 2. The van der Waals surface area contributed by atoms with Crippen molar-refractivity contribution in [2.45, 2.75) is 250 Å². The van der Waals surface area contributed by atoms with Crippen molar-refractivity contribution in [2.75, 3.05) is 93.3 Å². The Balaban J connectivity index is 1.11. The Morgan fingerprint density at radius 3 is 1.23 bits per heavy atom. The minimum Gasteiger partial charge on any atom is -0.497 e. The molecular formula is C85H122N6O31. The second-order valence-electron chi connectivity index (χ2n) is 29.2. The van der Waals surface area contributed by atoms with Crippen LogP contribution in [0.15, 0.2) is 78.9 Å². The van der Waals surface area contributed by atoms with Gasteiger partial charge in [-0.1, -0.05) is 93.1 Å². The lowest BCUT2D eigenvalue weighted by atomic mass is 9.80. The lowest BCUT2D eigenvalue weighted by Gasteiger charge is -2.44. The average Bonchev–Trinajstić information content (AvgIpc) is 0.760. The van der Waals surface area contributed by atoms with Gasteiger partial charge in [-0.3, -0.25) is 67.1 Å². The largest absolute Gasteiger partial charge is 0.497 e. The monoisotopic (exact) mass is 1720 g/mol. The van der Waals surface area contributed by atoms with Crippen LogP contribution in [0.5, 0.6) is 11.5 Å². The molecule has 37 heteroatoms. The molecule has 11 atom stereocenters. The number of hydrogen-bond acceptors (Lipinski definition) is 30. The van der Waals surface area contributed by atoms with Crippen molar-refractivity contribution < 1.29 is 148 Å². The standard InChI is InChI=1S/C85H122N6O31/c1-54(92)89-77-81(118-60(7)98)79(116-58(5)96)69(52-113-56(3)94)121-83(77)111-44-24-15-13-22-42-86-72(101)40-46-109-49-65(50-110-47-41-73(102)87-43-23-14-16-25-45-112-84-78(90-55(2)93)82(119-61(8)99)80(117-59(6)97)70(122-84)53-114-57(4)95)91-74(103)29-21-12-11-20-28-71(100)88-48-68(120-76(106)39-38-75(104)105)51-115-85(62-26-18-17-19-27-62,63-30-34-66(107-9)35-31-63)64-32-36-67(108-10)37-33-64/h17-19,26-27,30-37,65,68-70,77-84H,11-16,20-25,28-29,38-53H2,1-10H3,(H,86,101)(H,87,102)(H,88,100)(H,89,92)(H,90,93)(H,91,103)(H,104,105). The number of carbonyl (C=O) groups excluding carboxylic acids is 13. The Kier molecular flexibility index (Phi) is 47.1. The summed E-state index contributed by atoms with van der Waals surface area (Å²) in [5.74, 6) is -7.29. The summed E-state index contributed by atoms with van der Waals surface area (Å²) in [6.07, 6.45) is -4.57. The molecule has 0 radical (unpaired) electrons. The summed E-state index contributed by atoms with van der Waals surface area (Å²) in [6, 6.07) is 21.1. The number of aliphatic carboxylic acids is 1. The summed E-state index contributed by atoms with van der Waals surface area (Å²) >= 11 is 0. The van der Waals surface area contributed by atoms with Gasteiger partial charge < -0.3 is 113 Å². The number of rotatable bonds is 58. The van der Waals surface area contributed by atoms with Crippen molar-refractivity contribution in [1.82, 2.24) is 31.9 Å². The third kappa shape index (κ3) is 38.7. The number of esters is 7. The summed E-state index contributed by atoms with van der Waals surface area (Å²) in [5.41, 5.74) is 0.814. The lowest BCUT2D eigenvalue weighted by molar-refractivity contribution is -0.277. The smallest absolute Gasteiger partial charge is 0.306 e. The molecule has 122 heavy (non-hydrogen) atoms. The molecule has 2 aliphatic heterocycles. The molecule has 7 N–H and O–H groups in total. The van der Waals surface area contributed by atoms with Gasteiger partial charge in [0.15, 0.2) is 37.0 Å². The first kappa shape index (κ1) is 102. The van der Waals surface area contributed by atoms with E-state index in [0.29, 0.717) is 113 Å². The number of amides is 6. The maximum atomic E-state index is 13.5. The van der Waals surface area contributed by atoms with Gasteiger partial charge in [0.05, 0.1) is 72.7 Å². The zero-order valence-electron chi connectivity index (χ0n) is 71.3. The highest BCUT2D eigenvalue weighted by Crippen LogP contribution is 2.42. The molecule has 678 valence electrons. The molecule has 3 aromatic carbocycles. The summed E-state index contributed by atoms with van der Waals surface area (Å²) < 4.78 is 92.0. The SMILES string of the molecule is COc1ccc(C(OCC(CNC(=O)CCCCCCC(=O)NC(COCCC(=O)NCCCCCCOC2OC(COC(C)=O)C(OC(C)=O)C(OC(C)=O)C2NC(C)=O)COCCC(=O)NCCCCCCOC2OC(COC(C)=O)C(OC(C)=O)C(OC(C)=O)C2NC(C)=O)OC(=O)CCC(=O)O)(c2ccccc2)c2ccc(OC)cc2)cc1. The zero-order valence-corrected chi connectivity index (χ0v) is 71.3. The van der Waals surface area contributed by atoms with Gasteiger partial charge in [-0.2, -0.15) is 0 Å². The molecule has 11 unspecified atom stereocenters. The van der Waals surface area contributed by atoms with Crippen molar-refractivity contribution in [3.63, 3.8) is 0 Å². The number of carboxylic acids is 1. The second kappa shape index (κ2) is 56.3. The normalized spacial score (nSPS) is 19.1. The quantitative estimate of drug-likeness (QED) is 0.0164. The van der Waals surface area contributed by atoms with E-state index in [9.17, 15) is 72.2 Å². The van der Waals surface area contributed by atoms with E-state index < -0.39 is 151 Å². The van der Waals surface area contributed by atoms with Crippen LogP contribution in [0.3, 0.4) is 0 Å². The van der Waals surface area contributed by atoms with Crippen molar-refractivity contribution >= 4 is 83.2 Å². The molecule has 5 rings (SSSR count). The van der Waals surface area contributed by atoms with Gasteiger partial charge >= 0.3 is 47.8 Å². The fourth-order valence-corrected chi connectivity index (χ4v) is 13.4. The van der Waals surface area contributed by atoms with Gasteiger partial charge in [0.1, 0.15) is 60.7 Å². The van der Waals surface area contributed by atoms with E-state index in [-0.39, 0.29) is 115 Å². The summed E-state index contributed by atoms with van der Waals surface area (Å²) in [6.45, 7) is 9.06. The van der Waals surface area contributed by atoms with Crippen molar-refractivity contribution in [2.24, 2.45) is 0 Å². The van der Waals surface area contributed by atoms with E-state index >= 15 is 0 Å². The van der Waals surface area contributed by atoms with Crippen LogP contribution in [0.25, 0.3) is 0 Å². The lowest BCUT2D eigenvalue weighted by Crippen LogP contribution is -2.66. The molecule has 0 spiro atoms. The van der Waals surface area contributed by atoms with Gasteiger partial charge in [0.25, 0.3) is 0 Å². The fraction of sp³-hybridized carbons (Fsp3) is 0.624. The predicted octanol–water partition coefficient (Wildman–Crippen LogP) is 5.24. The average molecular weight is 1720 g/mol. The molecule has 2 aliphatic rings. The maximum Gasteiger partial charge on any atom is 0.306 e. The first-order valence-electron chi connectivity index (χ1n) is 41.1. The van der Waals surface area contributed by atoms with Crippen molar-refractivity contribution in [1.29, 1.82) is 0 Å². The molecule has 6 amide bonds. The molecule has 0 saturated carbocycles. The molecule has 2 heterocycles. The van der Waals surface area contributed by atoms with E-state index in [2.05, 4.69) is 31.9 Å². The highest BCUT2D eigenvalue weighted by molar-refractivity contribution is 5.79. The van der Waals surface area contributed by atoms with E-state index in [4.69, 9.17) is 75.8 Å². The Labute approximate surface area is 710 Å². The minimum absolute atomic E-state index is 0.00957. The number of hydrogen-bond donors (Lipinski definition) is 7. The topological polar surface area (TPSA) is 479 Å². The van der Waals surface area contributed by atoms with E-state index in [1.165, 1.54) is 27.7 Å². The Morgan fingerprint density at radius 1 is 0.418 bits per heavy atom. The van der Waals surface area contributed by atoms with E-state index in [0.717, 1.165) is 33.3 Å². The number of ether oxygens (including phenoxy) is 16. The molecule has 2 saturated heterocycles. The first-order valence-corrected chi connectivity index (χ1v) is 41.1. The molecule has 0 aliphatic carbocycles. The van der Waals surface area contributed by atoms with Crippen LogP contribution in [0, 0.1) is 0 Å². The summed E-state index contributed by atoms with van der Waals surface area (Å²) in [5, 5.41) is 26.2. The third-order valence-electron chi connectivity index (χ3n) is 19.0. The van der Waals surface area contributed by atoms with Gasteiger partial charge in [0, 0.05) is 107 Å². The van der Waals surface area contributed by atoms with Crippen LogP contribution in [-0.2, 0) is 139 Å². The molecule has 2 fully saturated rings. The third-order valence-corrected chi connectivity index (χ3v) is 19.0. The van der Waals surface area contributed by atoms with Gasteiger partial charge in [-0.05, 0) is 79.5 Å². The number of carbonyl (C=O) groups is 14. The van der Waals surface area contributed by atoms with Crippen LogP contribution in [0.1, 0.15) is 188 Å². The van der Waals surface area contributed by atoms with E-state index in [1.807, 2.05) is 54.6 Å². The maximum absolute atomic E-state index is 13.5. The van der Waals surface area contributed by atoms with Crippen molar-refractivity contribution in [3.8, 4) is 11.5 Å². The molecule has 3 aromatic rings. The Hall–Kier alpha value is -10.4. The Morgan fingerprint density at radius 2 is 0.820 bits per heavy atom. The fourth-order valence-electron chi connectivity index (χ4n) is 13.4. The second-order valence-corrected chi connectivity index (χ2v) is 29.2. The van der Waals surface area contributed by atoms with Gasteiger partial charge in [-0.25, -0.2) is 0 Å². The number of unbranched alkanes of at least 4 members (excludes halogenated alkanes) is 9. The molecular weight excluding hydrogens is 1600 g/mol. The summed E-state index contributed by atoms with van der Waals surface area (Å²) in [4.78, 5) is 174. The predicted molar refractivity (Wildman–Crippen MR) is 431 cm³/mol. The highest BCUT2D eigenvalue weighted by Gasteiger charge is 2.53. The van der Waals surface area contributed by atoms with Crippen LogP contribution in [0.4, 0.5) is 0 Å². The molecule has 0 aromatic heterocycles. The van der Waals surface area contributed by atoms with E-state index in [1.54, 1.807) is 38.5 Å². The van der Waals surface area contributed by atoms with Gasteiger partial charge in [-0.15, -0.1) is 0 Å². The Bertz CT molecular complexity index is 3600. The van der Waals surface area contributed by atoms with Crippen LogP contribution in [-0.4, -0.2) is 255 Å². The summed E-state index contributed by atoms with van der Waals surface area (Å²) in [7, 11) is 3.11. The highest BCUT2D eigenvalue weighted by atomic mass is 16.7. The number of carboxylic acid groups (broad SMARTS) is 1. The molecule has 0 bridgehead atoms. The zero-order chi connectivity index (χ0) is 89.4.